The Morgan fingerprint density at radius 1 is 1.29 bits per heavy atom. The van der Waals surface area contributed by atoms with Crippen molar-refractivity contribution in [2.45, 2.75) is 43.6 Å². The molecule has 4 rings (SSSR count). The second kappa shape index (κ2) is 10.5. The van der Waals surface area contributed by atoms with Crippen LogP contribution in [0, 0.1) is 6.92 Å². The minimum absolute atomic E-state index is 0.103. The zero-order chi connectivity index (χ0) is 21.6. The fraction of sp³-hybridized carbons (Fsp3) is 0.417. The Morgan fingerprint density at radius 2 is 2.13 bits per heavy atom. The number of thioether (sulfide) groups is 1. The van der Waals surface area contributed by atoms with E-state index in [2.05, 4.69) is 31.2 Å². The van der Waals surface area contributed by atoms with Gasteiger partial charge in [-0.1, -0.05) is 23.5 Å². The van der Waals surface area contributed by atoms with E-state index in [0.29, 0.717) is 13.0 Å². The number of fused-ring (bicyclic) bond motifs is 1. The van der Waals surface area contributed by atoms with E-state index in [0.717, 1.165) is 58.3 Å². The summed E-state index contributed by atoms with van der Waals surface area (Å²) >= 11 is 3.36. The molecule has 3 aromatic rings. The third-order valence-electron chi connectivity index (χ3n) is 5.41. The predicted molar refractivity (Wildman–Crippen MR) is 129 cm³/mol. The first-order valence-electron chi connectivity index (χ1n) is 10.7. The molecule has 0 spiro atoms. The SMILES string of the molecule is COc1ccc(SCCCC(=O)N(CC2CCCO2)c2nc3c(C)cccc3s2)cc1. The summed E-state index contributed by atoms with van der Waals surface area (Å²) in [7, 11) is 1.67. The van der Waals surface area contributed by atoms with E-state index in [1.807, 2.05) is 23.1 Å². The monoisotopic (exact) mass is 456 g/mol. The van der Waals surface area contributed by atoms with Gasteiger partial charge in [0.25, 0.3) is 0 Å². The van der Waals surface area contributed by atoms with E-state index in [-0.39, 0.29) is 12.0 Å². The molecule has 1 fully saturated rings. The molecule has 1 amide bonds. The number of carbonyl (C=O) groups excluding carboxylic acids is 1. The Labute approximate surface area is 191 Å². The van der Waals surface area contributed by atoms with Crippen molar-refractivity contribution in [1.29, 1.82) is 0 Å². The van der Waals surface area contributed by atoms with Crippen LogP contribution in [0.2, 0.25) is 0 Å². The van der Waals surface area contributed by atoms with Crippen LogP contribution < -0.4 is 9.64 Å². The molecule has 1 aliphatic rings. The maximum absolute atomic E-state index is 13.2. The number of benzene rings is 2. The van der Waals surface area contributed by atoms with Crippen LogP contribution in [0.4, 0.5) is 5.13 Å². The second-order valence-corrected chi connectivity index (χ2v) is 9.86. The first-order chi connectivity index (χ1) is 15.1. The van der Waals surface area contributed by atoms with E-state index in [9.17, 15) is 4.79 Å². The van der Waals surface area contributed by atoms with E-state index in [1.165, 1.54) is 4.90 Å². The number of aromatic nitrogens is 1. The summed E-state index contributed by atoms with van der Waals surface area (Å²) in [5, 5.41) is 0.785. The van der Waals surface area contributed by atoms with Crippen molar-refractivity contribution in [3.05, 3.63) is 48.0 Å². The molecular formula is C24H28N2O3S2. The standard InChI is InChI=1S/C24H28N2O3S2/c1-17-6-3-8-21-23(17)25-24(31-21)26(16-19-7-4-14-29-19)22(27)9-5-15-30-20-12-10-18(28-2)11-13-20/h3,6,8,10-13,19H,4-5,7,9,14-16H2,1-2H3. The lowest BCUT2D eigenvalue weighted by atomic mass is 10.2. The van der Waals surface area contributed by atoms with Gasteiger partial charge >= 0.3 is 0 Å². The summed E-state index contributed by atoms with van der Waals surface area (Å²) in [6, 6.07) is 14.2. The zero-order valence-corrected chi connectivity index (χ0v) is 19.6. The number of anilines is 1. The molecule has 5 nitrogen and oxygen atoms in total. The molecule has 0 aliphatic carbocycles. The van der Waals surface area contributed by atoms with E-state index in [4.69, 9.17) is 14.5 Å². The molecule has 1 unspecified atom stereocenters. The Hall–Kier alpha value is -2.09. The van der Waals surface area contributed by atoms with Crippen molar-refractivity contribution in [3.63, 3.8) is 0 Å². The minimum Gasteiger partial charge on any atom is -0.497 e. The number of thiazole rings is 1. The molecule has 0 bridgehead atoms. The molecular weight excluding hydrogens is 428 g/mol. The lowest BCUT2D eigenvalue weighted by molar-refractivity contribution is -0.119. The summed E-state index contributed by atoms with van der Waals surface area (Å²) < 4.78 is 12.1. The van der Waals surface area contributed by atoms with Crippen molar-refractivity contribution >= 4 is 44.4 Å². The Kier molecular flexibility index (Phi) is 7.48. The van der Waals surface area contributed by atoms with Gasteiger partial charge in [-0.25, -0.2) is 4.98 Å². The van der Waals surface area contributed by atoms with Gasteiger partial charge in [0.2, 0.25) is 5.91 Å². The number of hydrogen-bond donors (Lipinski definition) is 0. The summed E-state index contributed by atoms with van der Waals surface area (Å²) in [5.41, 5.74) is 2.13. The molecule has 1 aromatic heterocycles. The number of ether oxygens (including phenoxy) is 2. The average Bonchev–Trinajstić information content (AvgIpc) is 3.45. The molecule has 0 N–H and O–H groups in total. The smallest absolute Gasteiger partial charge is 0.228 e. The third-order valence-corrected chi connectivity index (χ3v) is 7.56. The molecule has 1 saturated heterocycles. The summed E-state index contributed by atoms with van der Waals surface area (Å²) in [5.74, 6) is 1.88. The molecule has 0 radical (unpaired) electrons. The Balaban J connectivity index is 1.40. The van der Waals surface area contributed by atoms with Crippen LogP contribution in [0.5, 0.6) is 5.75 Å². The van der Waals surface area contributed by atoms with E-state index >= 15 is 0 Å². The Morgan fingerprint density at radius 3 is 2.84 bits per heavy atom. The molecule has 0 saturated carbocycles. The van der Waals surface area contributed by atoms with Crippen LogP contribution in [0.25, 0.3) is 10.2 Å². The maximum atomic E-state index is 13.2. The van der Waals surface area contributed by atoms with Gasteiger partial charge in [-0.05, 0) is 67.8 Å². The number of carbonyl (C=O) groups is 1. The van der Waals surface area contributed by atoms with Crippen molar-refractivity contribution in [2.75, 3.05) is 30.9 Å². The highest BCUT2D eigenvalue weighted by atomic mass is 32.2. The minimum atomic E-state index is 0.103. The van der Waals surface area contributed by atoms with Gasteiger partial charge in [0.1, 0.15) is 5.75 Å². The molecule has 1 aliphatic heterocycles. The molecule has 164 valence electrons. The highest BCUT2D eigenvalue weighted by molar-refractivity contribution is 7.99. The number of methoxy groups -OCH3 is 1. The zero-order valence-electron chi connectivity index (χ0n) is 18.0. The topological polar surface area (TPSA) is 51.7 Å². The number of aryl methyl sites for hydroxylation is 1. The third kappa shape index (κ3) is 5.59. The molecule has 7 heteroatoms. The molecule has 1 atom stereocenters. The predicted octanol–water partition coefficient (Wildman–Crippen LogP) is 5.70. The highest BCUT2D eigenvalue weighted by Gasteiger charge is 2.26. The normalized spacial score (nSPS) is 16.0. The number of rotatable bonds is 9. The van der Waals surface area contributed by atoms with Gasteiger partial charge in [-0.3, -0.25) is 9.69 Å². The van der Waals surface area contributed by atoms with Gasteiger partial charge in [0.05, 0.1) is 30.0 Å². The van der Waals surface area contributed by atoms with Crippen molar-refractivity contribution in [2.24, 2.45) is 0 Å². The highest BCUT2D eigenvalue weighted by Crippen LogP contribution is 2.32. The fourth-order valence-electron chi connectivity index (χ4n) is 3.69. The van der Waals surface area contributed by atoms with Crippen LogP contribution in [0.3, 0.4) is 0 Å². The Bertz CT molecular complexity index is 1010. The first kappa shape index (κ1) is 22.1. The quantitative estimate of drug-likeness (QED) is 0.305. The van der Waals surface area contributed by atoms with Crippen molar-refractivity contribution in [1.82, 2.24) is 4.98 Å². The van der Waals surface area contributed by atoms with Gasteiger partial charge in [-0.15, -0.1) is 11.8 Å². The van der Waals surface area contributed by atoms with Crippen LogP contribution in [-0.4, -0.2) is 43.0 Å². The van der Waals surface area contributed by atoms with Gasteiger partial charge < -0.3 is 9.47 Å². The van der Waals surface area contributed by atoms with Crippen LogP contribution in [0.15, 0.2) is 47.4 Å². The average molecular weight is 457 g/mol. The van der Waals surface area contributed by atoms with Gasteiger partial charge in [0.15, 0.2) is 5.13 Å². The van der Waals surface area contributed by atoms with E-state index < -0.39 is 0 Å². The lowest BCUT2D eigenvalue weighted by Crippen LogP contribution is -2.37. The number of nitrogens with zero attached hydrogens (tertiary/aromatic N) is 2. The maximum Gasteiger partial charge on any atom is 0.228 e. The number of para-hydroxylation sites is 1. The van der Waals surface area contributed by atoms with E-state index in [1.54, 1.807) is 30.2 Å². The van der Waals surface area contributed by atoms with Gasteiger partial charge in [0, 0.05) is 17.9 Å². The van der Waals surface area contributed by atoms with Crippen molar-refractivity contribution < 1.29 is 14.3 Å². The van der Waals surface area contributed by atoms with Crippen LogP contribution >= 0.6 is 23.1 Å². The summed E-state index contributed by atoms with van der Waals surface area (Å²) in [6.07, 6.45) is 3.49. The molecule has 31 heavy (non-hydrogen) atoms. The van der Waals surface area contributed by atoms with Crippen LogP contribution in [0.1, 0.15) is 31.2 Å². The van der Waals surface area contributed by atoms with Gasteiger partial charge in [-0.2, -0.15) is 0 Å². The fourth-order valence-corrected chi connectivity index (χ4v) is 5.61. The molecule has 2 heterocycles. The first-order valence-corrected chi connectivity index (χ1v) is 12.5. The van der Waals surface area contributed by atoms with Crippen LogP contribution in [-0.2, 0) is 9.53 Å². The largest absolute Gasteiger partial charge is 0.497 e. The second-order valence-electron chi connectivity index (χ2n) is 7.69. The number of hydrogen-bond acceptors (Lipinski definition) is 6. The number of amides is 1. The molecule has 2 aromatic carbocycles. The van der Waals surface area contributed by atoms with Crippen molar-refractivity contribution in [3.8, 4) is 5.75 Å². The lowest BCUT2D eigenvalue weighted by Gasteiger charge is -2.23. The summed E-state index contributed by atoms with van der Waals surface area (Å²) in [4.78, 5) is 21.1. The summed E-state index contributed by atoms with van der Waals surface area (Å²) in [6.45, 7) is 3.43.